The lowest BCUT2D eigenvalue weighted by molar-refractivity contribution is -0.132. The molecular formula is C25H38O3. The number of carbonyl (C=O) groups is 2. The summed E-state index contributed by atoms with van der Waals surface area (Å²) in [6.07, 6.45) is 11.8. The average Bonchev–Trinajstić information content (AvgIpc) is 2.64. The van der Waals surface area contributed by atoms with E-state index in [9.17, 15) is 14.7 Å². The summed E-state index contributed by atoms with van der Waals surface area (Å²) in [7, 11) is 0. The Morgan fingerprint density at radius 2 is 1.79 bits per heavy atom. The third-order valence-corrected chi connectivity index (χ3v) is 5.97. The van der Waals surface area contributed by atoms with Gasteiger partial charge in [0.1, 0.15) is 0 Å². The number of carbonyl (C=O) groups excluding carboxylic acids is 1. The topological polar surface area (TPSA) is 54.4 Å². The van der Waals surface area contributed by atoms with Crippen LogP contribution in [0.1, 0.15) is 79.6 Å². The highest BCUT2D eigenvalue weighted by Crippen LogP contribution is 2.31. The van der Waals surface area contributed by atoms with Gasteiger partial charge < -0.3 is 5.11 Å². The number of rotatable bonds is 5. The zero-order valence-corrected chi connectivity index (χ0v) is 18.4. The van der Waals surface area contributed by atoms with Crippen LogP contribution in [0.2, 0.25) is 0 Å². The SMILES string of the molecule is C=C(C(=O)C(C)CC)C1CC/C(C)=C/CC/C(C(=O)O)=C/CC/C(C)=C/[C@@H]1C. The second-order valence-corrected chi connectivity index (χ2v) is 8.38. The molecule has 0 fully saturated rings. The summed E-state index contributed by atoms with van der Waals surface area (Å²) in [5.74, 6) is -0.212. The Labute approximate surface area is 171 Å². The van der Waals surface area contributed by atoms with Crippen molar-refractivity contribution in [2.75, 3.05) is 0 Å². The zero-order valence-electron chi connectivity index (χ0n) is 18.4. The van der Waals surface area contributed by atoms with Gasteiger partial charge in [-0.05, 0) is 76.2 Å². The van der Waals surface area contributed by atoms with Crippen LogP contribution in [0.5, 0.6) is 0 Å². The first-order chi connectivity index (χ1) is 13.2. The molecule has 0 aromatic carbocycles. The Bertz CT molecular complexity index is 663. The molecule has 3 nitrogen and oxygen atoms in total. The Balaban J connectivity index is 3.11. The van der Waals surface area contributed by atoms with E-state index in [1.54, 1.807) is 0 Å². The van der Waals surface area contributed by atoms with Crippen molar-refractivity contribution in [1.82, 2.24) is 0 Å². The lowest BCUT2D eigenvalue weighted by atomic mass is 9.78. The van der Waals surface area contributed by atoms with Crippen LogP contribution in [0.3, 0.4) is 0 Å². The fourth-order valence-electron chi connectivity index (χ4n) is 3.82. The number of ketones is 1. The molecule has 0 amide bonds. The summed E-state index contributed by atoms with van der Waals surface area (Å²) < 4.78 is 0. The second kappa shape index (κ2) is 11.8. The molecule has 2 unspecified atom stereocenters. The number of hydrogen-bond donors (Lipinski definition) is 1. The van der Waals surface area contributed by atoms with Crippen LogP contribution >= 0.6 is 0 Å². The van der Waals surface area contributed by atoms with Gasteiger partial charge in [-0.15, -0.1) is 0 Å². The van der Waals surface area contributed by atoms with E-state index in [0.29, 0.717) is 12.0 Å². The molecule has 0 saturated carbocycles. The van der Waals surface area contributed by atoms with Gasteiger partial charge in [0, 0.05) is 11.5 Å². The third kappa shape index (κ3) is 7.61. The van der Waals surface area contributed by atoms with Crippen molar-refractivity contribution >= 4 is 11.8 Å². The first kappa shape index (κ1) is 24.1. The van der Waals surface area contributed by atoms with Gasteiger partial charge in [-0.1, -0.05) is 56.7 Å². The third-order valence-electron chi connectivity index (χ3n) is 5.97. The van der Waals surface area contributed by atoms with E-state index in [4.69, 9.17) is 0 Å². The molecule has 1 rings (SSSR count). The average molecular weight is 387 g/mol. The summed E-state index contributed by atoms with van der Waals surface area (Å²) in [4.78, 5) is 24.2. The van der Waals surface area contributed by atoms with E-state index in [2.05, 4.69) is 39.5 Å². The number of Topliss-reactive ketones (excluding diaryl/α,β-unsaturated/α-hetero) is 1. The van der Waals surface area contributed by atoms with Gasteiger partial charge in [-0.25, -0.2) is 4.79 Å². The monoisotopic (exact) mass is 386 g/mol. The van der Waals surface area contributed by atoms with E-state index in [0.717, 1.165) is 44.1 Å². The molecule has 156 valence electrons. The summed E-state index contributed by atoms with van der Waals surface area (Å²) in [6, 6.07) is 0. The Morgan fingerprint density at radius 1 is 1.14 bits per heavy atom. The molecule has 3 atom stereocenters. The molecule has 0 bridgehead atoms. The molecule has 1 aliphatic carbocycles. The normalized spacial score (nSPS) is 29.1. The molecule has 0 aliphatic heterocycles. The van der Waals surface area contributed by atoms with Crippen molar-refractivity contribution in [3.05, 3.63) is 47.1 Å². The minimum Gasteiger partial charge on any atom is -0.478 e. The maximum absolute atomic E-state index is 12.8. The molecule has 1 N–H and O–H groups in total. The van der Waals surface area contributed by atoms with Crippen molar-refractivity contribution in [2.24, 2.45) is 17.8 Å². The number of carboxylic acids is 1. The smallest absolute Gasteiger partial charge is 0.331 e. The van der Waals surface area contributed by atoms with E-state index in [1.165, 1.54) is 11.1 Å². The van der Waals surface area contributed by atoms with Crippen molar-refractivity contribution in [3.8, 4) is 0 Å². The Morgan fingerprint density at radius 3 is 2.39 bits per heavy atom. The van der Waals surface area contributed by atoms with Gasteiger partial charge in [-0.2, -0.15) is 0 Å². The molecular weight excluding hydrogens is 348 g/mol. The predicted molar refractivity (Wildman–Crippen MR) is 117 cm³/mol. The number of hydrogen-bond acceptors (Lipinski definition) is 2. The van der Waals surface area contributed by atoms with Crippen LogP contribution in [0.25, 0.3) is 0 Å². The lowest BCUT2D eigenvalue weighted by Crippen LogP contribution is -2.23. The van der Waals surface area contributed by atoms with Crippen molar-refractivity contribution in [2.45, 2.75) is 79.6 Å². The van der Waals surface area contributed by atoms with Crippen LogP contribution < -0.4 is 0 Å². The molecule has 0 saturated heterocycles. The Hall–Kier alpha value is -1.90. The van der Waals surface area contributed by atoms with Crippen molar-refractivity contribution in [3.63, 3.8) is 0 Å². The molecule has 0 aromatic heterocycles. The summed E-state index contributed by atoms with van der Waals surface area (Å²) in [5.41, 5.74) is 3.77. The maximum Gasteiger partial charge on any atom is 0.331 e. The molecule has 0 heterocycles. The second-order valence-electron chi connectivity index (χ2n) is 8.38. The number of carboxylic acid groups (broad SMARTS) is 1. The Kier molecular flexibility index (Phi) is 10.2. The standard InChI is InChI=1S/C25H38O3/c1-7-19(4)24(26)21(6)23-15-14-17(2)10-8-12-22(25(27)28)13-9-11-18(3)16-20(23)5/h10,13,16,19-20,23H,6-9,11-12,14-15H2,1-5H3,(H,27,28)/b17-10+,18-16+,22-13-/t19?,20-,23?/m0/s1. The van der Waals surface area contributed by atoms with Crippen LogP contribution in [0.15, 0.2) is 47.1 Å². The number of allylic oxidation sites excluding steroid dienone is 6. The van der Waals surface area contributed by atoms with E-state index in [1.807, 2.05) is 19.9 Å². The quantitative estimate of drug-likeness (QED) is 0.424. The van der Waals surface area contributed by atoms with Gasteiger partial charge in [0.15, 0.2) is 5.78 Å². The van der Waals surface area contributed by atoms with E-state index >= 15 is 0 Å². The number of aliphatic carboxylic acids is 1. The molecule has 28 heavy (non-hydrogen) atoms. The van der Waals surface area contributed by atoms with E-state index in [-0.39, 0.29) is 23.5 Å². The van der Waals surface area contributed by atoms with Crippen LogP contribution in [-0.2, 0) is 9.59 Å². The van der Waals surface area contributed by atoms with Gasteiger partial charge >= 0.3 is 5.97 Å². The molecule has 0 aromatic rings. The molecule has 0 spiro atoms. The highest BCUT2D eigenvalue weighted by atomic mass is 16.4. The van der Waals surface area contributed by atoms with Crippen molar-refractivity contribution < 1.29 is 14.7 Å². The summed E-state index contributed by atoms with van der Waals surface area (Å²) in [5, 5.41) is 9.39. The van der Waals surface area contributed by atoms with Gasteiger partial charge in [-0.3, -0.25) is 4.79 Å². The maximum atomic E-state index is 12.8. The predicted octanol–water partition coefficient (Wildman–Crippen LogP) is 6.67. The van der Waals surface area contributed by atoms with Crippen LogP contribution in [0.4, 0.5) is 0 Å². The first-order valence-corrected chi connectivity index (χ1v) is 10.7. The lowest BCUT2D eigenvalue weighted by Gasteiger charge is -2.26. The van der Waals surface area contributed by atoms with Crippen LogP contribution in [0, 0.1) is 17.8 Å². The fourth-order valence-corrected chi connectivity index (χ4v) is 3.82. The van der Waals surface area contributed by atoms with Gasteiger partial charge in [0.2, 0.25) is 0 Å². The first-order valence-electron chi connectivity index (χ1n) is 10.7. The van der Waals surface area contributed by atoms with Gasteiger partial charge in [0.25, 0.3) is 0 Å². The molecule has 3 heteroatoms. The van der Waals surface area contributed by atoms with Gasteiger partial charge in [0.05, 0.1) is 0 Å². The summed E-state index contributed by atoms with van der Waals surface area (Å²) >= 11 is 0. The van der Waals surface area contributed by atoms with Crippen LogP contribution in [-0.4, -0.2) is 16.9 Å². The zero-order chi connectivity index (χ0) is 21.3. The largest absolute Gasteiger partial charge is 0.478 e. The highest BCUT2D eigenvalue weighted by Gasteiger charge is 2.26. The molecule has 0 radical (unpaired) electrons. The minimum atomic E-state index is -0.812. The fraction of sp³-hybridized carbons (Fsp3) is 0.600. The highest BCUT2D eigenvalue weighted by molar-refractivity contribution is 5.96. The molecule has 1 aliphatic rings. The van der Waals surface area contributed by atoms with E-state index < -0.39 is 5.97 Å². The summed E-state index contributed by atoms with van der Waals surface area (Å²) in [6.45, 7) is 14.6. The minimum absolute atomic E-state index is 0.0223. The van der Waals surface area contributed by atoms with Crippen molar-refractivity contribution in [1.29, 1.82) is 0 Å².